The normalized spacial score (nSPS) is 23.9. The second-order valence-corrected chi connectivity index (χ2v) is 8.25. The first-order valence-electron chi connectivity index (χ1n) is 9.90. The van der Waals surface area contributed by atoms with Gasteiger partial charge in [0.1, 0.15) is 5.82 Å². The number of rotatable bonds is 5. The molecule has 2 bridgehead atoms. The lowest BCUT2D eigenvalue weighted by Crippen LogP contribution is -2.51. The van der Waals surface area contributed by atoms with Gasteiger partial charge in [-0.05, 0) is 37.0 Å². The molecule has 1 N–H and O–H groups in total. The molecule has 2 aromatic heterocycles. The van der Waals surface area contributed by atoms with Crippen LogP contribution >= 0.6 is 11.6 Å². The summed E-state index contributed by atoms with van der Waals surface area (Å²) in [7, 11) is 0. The first kappa shape index (κ1) is 19.2. The van der Waals surface area contributed by atoms with Crippen LogP contribution in [0.15, 0.2) is 41.3 Å². The topological polar surface area (TPSA) is 67.2 Å². The summed E-state index contributed by atoms with van der Waals surface area (Å²) >= 11 is 5.84. The van der Waals surface area contributed by atoms with Crippen molar-refractivity contribution in [2.45, 2.75) is 38.1 Å². The Morgan fingerprint density at radius 1 is 1.29 bits per heavy atom. The molecule has 0 unspecified atom stereocenters. The zero-order chi connectivity index (χ0) is 19.7. The standard InChI is InChI=1S/C21H25ClN4O2/c1-2-4-17-14-9-15(18-5-3-6-21(28)26(17)18)12-25(11-14)13-20(27)24-19-8-7-16(22)10-23-19/h3,5-8,10,14-15,17H,2,4,9,11-13H2,1H3,(H,23,24,27)/t14-,15+,17-/m0/s1. The Kier molecular flexibility index (Phi) is 5.51. The third-order valence-electron chi connectivity index (χ3n) is 5.82. The lowest BCUT2D eigenvalue weighted by Gasteiger charge is -2.47. The molecule has 4 rings (SSSR count). The Bertz CT molecular complexity index is 911. The number of nitrogens with zero attached hydrogens (tertiary/aromatic N) is 3. The van der Waals surface area contributed by atoms with E-state index in [1.54, 1.807) is 18.2 Å². The Morgan fingerprint density at radius 3 is 2.89 bits per heavy atom. The molecule has 0 radical (unpaired) electrons. The van der Waals surface area contributed by atoms with Gasteiger partial charge in [-0.25, -0.2) is 4.98 Å². The van der Waals surface area contributed by atoms with Crippen LogP contribution in [0.4, 0.5) is 5.82 Å². The third kappa shape index (κ3) is 3.84. The van der Waals surface area contributed by atoms with E-state index in [-0.39, 0.29) is 17.5 Å². The van der Waals surface area contributed by atoms with Crippen molar-refractivity contribution in [1.29, 1.82) is 0 Å². The lowest BCUT2D eigenvalue weighted by atomic mass is 9.77. The minimum absolute atomic E-state index is 0.0766. The van der Waals surface area contributed by atoms with Crippen LogP contribution < -0.4 is 10.9 Å². The molecule has 0 saturated carbocycles. The van der Waals surface area contributed by atoms with Gasteiger partial charge in [-0.3, -0.25) is 14.5 Å². The largest absolute Gasteiger partial charge is 0.310 e. The summed E-state index contributed by atoms with van der Waals surface area (Å²) < 4.78 is 2.03. The van der Waals surface area contributed by atoms with Crippen molar-refractivity contribution in [3.8, 4) is 0 Å². The number of likely N-dealkylation sites (tertiary alicyclic amines) is 1. The van der Waals surface area contributed by atoms with Crippen molar-refractivity contribution in [1.82, 2.24) is 14.5 Å². The molecule has 28 heavy (non-hydrogen) atoms. The number of amides is 1. The Hall–Kier alpha value is -2.18. The molecular formula is C21H25ClN4O2. The zero-order valence-electron chi connectivity index (χ0n) is 16.0. The van der Waals surface area contributed by atoms with Crippen LogP contribution in [-0.2, 0) is 4.79 Å². The molecule has 1 saturated heterocycles. The van der Waals surface area contributed by atoms with Crippen LogP contribution in [0.3, 0.4) is 0 Å². The van der Waals surface area contributed by atoms with Gasteiger partial charge in [0, 0.05) is 43.0 Å². The molecule has 2 aliphatic rings. The van der Waals surface area contributed by atoms with Gasteiger partial charge in [0.05, 0.1) is 11.6 Å². The van der Waals surface area contributed by atoms with Gasteiger partial charge in [-0.15, -0.1) is 0 Å². The third-order valence-corrected chi connectivity index (χ3v) is 6.04. The summed E-state index contributed by atoms with van der Waals surface area (Å²) in [5, 5.41) is 3.38. The molecule has 1 fully saturated rings. The number of pyridine rings is 2. The van der Waals surface area contributed by atoms with Crippen molar-refractivity contribution >= 4 is 23.3 Å². The molecule has 1 amide bonds. The maximum atomic E-state index is 12.5. The molecule has 2 aromatic rings. The summed E-state index contributed by atoms with van der Waals surface area (Å²) in [5.74, 6) is 1.12. The van der Waals surface area contributed by atoms with Crippen LogP contribution in [0.1, 0.15) is 43.8 Å². The number of nitrogens with one attached hydrogen (secondary N) is 1. The van der Waals surface area contributed by atoms with Gasteiger partial charge in [0.2, 0.25) is 5.91 Å². The lowest BCUT2D eigenvalue weighted by molar-refractivity contribution is -0.118. The van der Waals surface area contributed by atoms with Gasteiger partial charge in [0.15, 0.2) is 0 Å². The van der Waals surface area contributed by atoms with Crippen LogP contribution in [0.5, 0.6) is 0 Å². The first-order chi connectivity index (χ1) is 13.5. The maximum absolute atomic E-state index is 12.5. The Morgan fingerprint density at radius 2 is 2.14 bits per heavy atom. The predicted molar refractivity (Wildman–Crippen MR) is 110 cm³/mol. The fourth-order valence-corrected chi connectivity index (χ4v) is 4.88. The van der Waals surface area contributed by atoms with Crippen molar-refractivity contribution in [3.05, 3.63) is 57.6 Å². The molecule has 2 aliphatic heterocycles. The molecule has 4 heterocycles. The number of fused-ring (bicyclic) bond motifs is 4. The molecule has 148 valence electrons. The number of carbonyl (C=O) groups excluding carboxylic acids is 1. The number of hydrogen-bond donors (Lipinski definition) is 1. The second kappa shape index (κ2) is 8.05. The quantitative estimate of drug-likeness (QED) is 0.836. The monoisotopic (exact) mass is 400 g/mol. The van der Waals surface area contributed by atoms with E-state index >= 15 is 0 Å². The second-order valence-electron chi connectivity index (χ2n) is 7.81. The van der Waals surface area contributed by atoms with Crippen LogP contribution in [0.25, 0.3) is 0 Å². The highest BCUT2D eigenvalue weighted by molar-refractivity contribution is 6.30. The number of hydrogen-bond acceptors (Lipinski definition) is 4. The Labute approximate surface area is 169 Å². The van der Waals surface area contributed by atoms with Crippen LogP contribution in [0, 0.1) is 5.92 Å². The van der Waals surface area contributed by atoms with Gasteiger partial charge in [-0.2, -0.15) is 0 Å². The van der Waals surface area contributed by atoms with Crippen LogP contribution in [-0.4, -0.2) is 40.0 Å². The maximum Gasteiger partial charge on any atom is 0.250 e. The van der Waals surface area contributed by atoms with Gasteiger partial charge >= 0.3 is 0 Å². The molecule has 0 aromatic carbocycles. The van der Waals surface area contributed by atoms with Crippen molar-refractivity contribution in [2.24, 2.45) is 5.92 Å². The van der Waals surface area contributed by atoms with E-state index in [0.29, 0.717) is 29.2 Å². The summed E-state index contributed by atoms with van der Waals surface area (Å²) in [6, 6.07) is 9.22. The molecule has 6 nitrogen and oxygen atoms in total. The van der Waals surface area contributed by atoms with Gasteiger partial charge in [-0.1, -0.05) is 31.0 Å². The minimum atomic E-state index is -0.0766. The number of aromatic nitrogens is 2. The minimum Gasteiger partial charge on any atom is -0.310 e. The first-order valence-corrected chi connectivity index (χ1v) is 10.3. The average Bonchev–Trinajstić information content (AvgIpc) is 2.67. The number of carbonyl (C=O) groups is 1. The van der Waals surface area contributed by atoms with E-state index < -0.39 is 0 Å². The van der Waals surface area contributed by atoms with E-state index in [1.807, 2.05) is 10.6 Å². The van der Waals surface area contributed by atoms with E-state index in [4.69, 9.17) is 11.6 Å². The van der Waals surface area contributed by atoms with E-state index in [1.165, 1.54) is 6.20 Å². The highest BCUT2D eigenvalue weighted by atomic mass is 35.5. The van der Waals surface area contributed by atoms with E-state index in [2.05, 4.69) is 28.2 Å². The molecule has 3 atom stereocenters. The van der Waals surface area contributed by atoms with Crippen molar-refractivity contribution in [2.75, 3.05) is 25.0 Å². The molecular weight excluding hydrogens is 376 g/mol. The van der Waals surface area contributed by atoms with Gasteiger partial charge < -0.3 is 9.88 Å². The number of halogens is 1. The molecule has 0 aliphatic carbocycles. The van der Waals surface area contributed by atoms with Crippen molar-refractivity contribution < 1.29 is 4.79 Å². The number of piperidine rings is 1. The molecule has 7 heteroatoms. The average molecular weight is 401 g/mol. The summed E-state index contributed by atoms with van der Waals surface area (Å²) in [4.78, 5) is 31.4. The molecule has 0 spiro atoms. The fourth-order valence-electron chi connectivity index (χ4n) is 4.77. The predicted octanol–water partition coefficient (Wildman–Crippen LogP) is 3.30. The summed E-state index contributed by atoms with van der Waals surface area (Å²) in [6.07, 6.45) is 4.63. The van der Waals surface area contributed by atoms with Gasteiger partial charge in [0.25, 0.3) is 5.56 Å². The SMILES string of the molecule is CCC[C@H]1[C@H]2C[C@H](CN(CC(=O)Nc3ccc(Cl)cn3)C2)c2cccc(=O)n21. The van der Waals surface area contributed by atoms with Crippen molar-refractivity contribution in [3.63, 3.8) is 0 Å². The summed E-state index contributed by atoms with van der Waals surface area (Å²) in [6.45, 7) is 4.11. The summed E-state index contributed by atoms with van der Waals surface area (Å²) in [5.41, 5.74) is 1.22. The number of anilines is 1. The fraction of sp³-hybridized carbons (Fsp3) is 0.476. The Balaban J connectivity index is 1.50. The van der Waals surface area contributed by atoms with Crippen LogP contribution in [0.2, 0.25) is 5.02 Å². The zero-order valence-corrected chi connectivity index (χ0v) is 16.7. The van der Waals surface area contributed by atoms with E-state index in [0.717, 1.165) is 38.0 Å². The highest BCUT2D eigenvalue weighted by Gasteiger charge is 2.40. The van der Waals surface area contributed by atoms with E-state index in [9.17, 15) is 9.59 Å². The smallest absolute Gasteiger partial charge is 0.250 e. The highest BCUT2D eigenvalue weighted by Crippen LogP contribution is 2.42.